The Balaban J connectivity index is 1.37. The summed E-state index contributed by atoms with van der Waals surface area (Å²) in [6.45, 7) is -2.84. The highest BCUT2D eigenvalue weighted by molar-refractivity contribution is 7.14. The van der Waals surface area contributed by atoms with Crippen molar-refractivity contribution in [1.82, 2.24) is 5.32 Å². The van der Waals surface area contributed by atoms with Gasteiger partial charge >= 0.3 is 12.6 Å². The summed E-state index contributed by atoms with van der Waals surface area (Å²) in [5.41, 5.74) is 2.08. The molecule has 150 valence electrons. The van der Waals surface area contributed by atoms with E-state index in [1.165, 1.54) is 33.9 Å². The first-order valence-electron chi connectivity index (χ1n) is 9.10. The Morgan fingerprint density at radius 3 is 2.61 bits per heavy atom. The Bertz CT molecular complexity index is 797. The molecule has 1 aliphatic carbocycles. The molecule has 3 rings (SSSR count). The van der Waals surface area contributed by atoms with Gasteiger partial charge in [-0.25, -0.2) is 4.79 Å². The van der Waals surface area contributed by atoms with Crippen molar-refractivity contribution in [3.63, 3.8) is 0 Å². The predicted molar refractivity (Wildman–Crippen MR) is 101 cm³/mol. The summed E-state index contributed by atoms with van der Waals surface area (Å²) in [4.78, 5) is 25.8. The monoisotopic (exact) mass is 409 g/mol. The van der Waals surface area contributed by atoms with E-state index >= 15 is 0 Å². The van der Waals surface area contributed by atoms with Crippen LogP contribution in [0.5, 0.6) is 5.75 Å². The molecule has 0 bridgehead atoms. The molecule has 0 aliphatic heterocycles. The van der Waals surface area contributed by atoms with Crippen LogP contribution >= 0.6 is 11.3 Å². The van der Waals surface area contributed by atoms with Gasteiger partial charge in [-0.15, -0.1) is 11.3 Å². The van der Waals surface area contributed by atoms with Crippen LogP contribution in [0, 0.1) is 0 Å². The minimum absolute atomic E-state index is 0.0879. The number of hydrogen-bond acceptors (Lipinski definition) is 5. The SMILES string of the molecule is O=C(COC(=O)c1cc2c(s1)CCCC2)NCCc1ccc(OC(F)F)cc1. The number of carbonyl (C=O) groups excluding carboxylic acids is 2. The average molecular weight is 409 g/mol. The van der Waals surface area contributed by atoms with Gasteiger partial charge in [-0.3, -0.25) is 4.79 Å². The predicted octanol–water partition coefficient (Wildman–Crippen LogP) is 3.74. The van der Waals surface area contributed by atoms with Gasteiger partial charge in [-0.1, -0.05) is 12.1 Å². The minimum Gasteiger partial charge on any atom is -0.451 e. The van der Waals surface area contributed by atoms with Crippen LogP contribution in [0.2, 0.25) is 0 Å². The highest BCUT2D eigenvalue weighted by Crippen LogP contribution is 2.30. The molecule has 0 spiro atoms. The quantitative estimate of drug-likeness (QED) is 0.675. The molecule has 0 atom stereocenters. The van der Waals surface area contributed by atoms with Gasteiger partial charge < -0.3 is 14.8 Å². The standard InChI is InChI=1S/C20H21F2NO4S/c21-20(22)27-15-7-5-13(6-8-15)9-10-23-18(24)12-26-19(25)17-11-14-3-1-2-4-16(14)28-17/h5-8,11,20H,1-4,9-10,12H2,(H,23,24). The van der Waals surface area contributed by atoms with Gasteiger partial charge in [0.25, 0.3) is 5.91 Å². The van der Waals surface area contributed by atoms with E-state index in [0.29, 0.717) is 17.8 Å². The van der Waals surface area contributed by atoms with Crippen molar-refractivity contribution in [2.45, 2.75) is 38.7 Å². The van der Waals surface area contributed by atoms with Crippen LogP contribution in [-0.4, -0.2) is 31.6 Å². The van der Waals surface area contributed by atoms with Gasteiger partial charge in [-0.05, 0) is 61.4 Å². The number of hydrogen-bond donors (Lipinski definition) is 1. The van der Waals surface area contributed by atoms with E-state index in [1.807, 2.05) is 6.07 Å². The molecule has 1 aromatic heterocycles. The van der Waals surface area contributed by atoms with Gasteiger partial charge in [0.1, 0.15) is 10.6 Å². The zero-order valence-electron chi connectivity index (χ0n) is 15.2. The maximum Gasteiger partial charge on any atom is 0.387 e. The molecule has 0 unspecified atom stereocenters. The summed E-state index contributed by atoms with van der Waals surface area (Å²) in [6.07, 6.45) is 4.80. The van der Waals surface area contributed by atoms with Crippen LogP contribution in [0.25, 0.3) is 0 Å². The average Bonchev–Trinajstić information content (AvgIpc) is 3.11. The molecule has 2 aromatic rings. The summed E-state index contributed by atoms with van der Waals surface area (Å²) in [6, 6.07) is 8.09. The molecule has 0 saturated heterocycles. The van der Waals surface area contributed by atoms with Crippen LogP contribution in [0.4, 0.5) is 8.78 Å². The lowest BCUT2D eigenvalue weighted by atomic mass is 9.99. The normalized spacial score (nSPS) is 13.1. The Labute approximate surface area is 165 Å². The Morgan fingerprint density at radius 1 is 1.14 bits per heavy atom. The van der Waals surface area contributed by atoms with Gasteiger partial charge in [-0.2, -0.15) is 8.78 Å². The van der Waals surface area contributed by atoms with Crippen molar-refractivity contribution in [3.05, 3.63) is 51.2 Å². The highest BCUT2D eigenvalue weighted by Gasteiger charge is 2.18. The molecule has 5 nitrogen and oxygen atoms in total. The number of amides is 1. The van der Waals surface area contributed by atoms with Crippen molar-refractivity contribution in [1.29, 1.82) is 0 Å². The molecule has 1 N–H and O–H groups in total. The molecule has 28 heavy (non-hydrogen) atoms. The van der Waals surface area contributed by atoms with Gasteiger partial charge in [0.2, 0.25) is 0 Å². The lowest BCUT2D eigenvalue weighted by Gasteiger charge is -2.08. The van der Waals surface area contributed by atoms with Crippen LogP contribution in [-0.2, 0) is 28.8 Å². The van der Waals surface area contributed by atoms with E-state index < -0.39 is 12.6 Å². The lowest BCUT2D eigenvalue weighted by Crippen LogP contribution is -2.30. The zero-order valence-corrected chi connectivity index (χ0v) is 16.0. The van der Waals surface area contributed by atoms with Crippen LogP contribution in [0.15, 0.2) is 30.3 Å². The summed E-state index contributed by atoms with van der Waals surface area (Å²) in [7, 11) is 0. The third-order valence-corrected chi connectivity index (χ3v) is 5.63. The first kappa shape index (κ1) is 20.3. The smallest absolute Gasteiger partial charge is 0.387 e. The fourth-order valence-electron chi connectivity index (χ4n) is 3.03. The number of ether oxygens (including phenoxy) is 2. The number of aryl methyl sites for hydroxylation is 2. The zero-order chi connectivity index (χ0) is 19.9. The Morgan fingerprint density at radius 2 is 1.89 bits per heavy atom. The molecule has 1 heterocycles. The van der Waals surface area contributed by atoms with E-state index in [-0.39, 0.29) is 18.3 Å². The number of nitrogens with one attached hydrogen (secondary N) is 1. The van der Waals surface area contributed by atoms with E-state index in [2.05, 4.69) is 10.1 Å². The second-order valence-electron chi connectivity index (χ2n) is 6.46. The second-order valence-corrected chi connectivity index (χ2v) is 7.60. The molecule has 0 saturated carbocycles. The number of thiophene rings is 1. The second kappa shape index (κ2) is 9.64. The number of rotatable bonds is 8. The van der Waals surface area contributed by atoms with E-state index in [9.17, 15) is 18.4 Å². The summed E-state index contributed by atoms with van der Waals surface area (Å²) >= 11 is 1.45. The lowest BCUT2D eigenvalue weighted by molar-refractivity contribution is -0.124. The van der Waals surface area contributed by atoms with Gasteiger partial charge in [0, 0.05) is 11.4 Å². The van der Waals surface area contributed by atoms with Crippen molar-refractivity contribution < 1.29 is 27.8 Å². The minimum atomic E-state index is -2.85. The summed E-state index contributed by atoms with van der Waals surface area (Å²) < 4.78 is 33.6. The summed E-state index contributed by atoms with van der Waals surface area (Å²) in [5, 5.41) is 2.67. The third-order valence-electron chi connectivity index (χ3n) is 4.42. The number of fused-ring (bicyclic) bond motifs is 1. The molecule has 8 heteroatoms. The van der Waals surface area contributed by atoms with Gasteiger partial charge in [0.15, 0.2) is 6.61 Å². The van der Waals surface area contributed by atoms with Crippen LogP contribution in [0.3, 0.4) is 0 Å². The molecular formula is C20H21F2NO4S. The Hall–Kier alpha value is -2.48. The fraction of sp³-hybridized carbons (Fsp3) is 0.400. The van der Waals surface area contributed by atoms with Crippen LogP contribution in [0.1, 0.15) is 38.5 Å². The fourth-order valence-corrected chi connectivity index (χ4v) is 4.18. The van der Waals surface area contributed by atoms with Crippen molar-refractivity contribution >= 4 is 23.2 Å². The number of benzene rings is 1. The third kappa shape index (κ3) is 5.76. The molecule has 1 aromatic carbocycles. The van der Waals surface area contributed by atoms with Crippen molar-refractivity contribution in [2.75, 3.05) is 13.2 Å². The number of alkyl halides is 2. The number of carbonyl (C=O) groups is 2. The van der Waals surface area contributed by atoms with E-state index in [0.717, 1.165) is 31.2 Å². The topological polar surface area (TPSA) is 64.6 Å². The van der Waals surface area contributed by atoms with Crippen LogP contribution < -0.4 is 10.1 Å². The number of esters is 1. The Kier molecular flexibility index (Phi) is 6.97. The highest BCUT2D eigenvalue weighted by atomic mass is 32.1. The molecule has 1 aliphatic rings. The van der Waals surface area contributed by atoms with Crippen molar-refractivity contribution in [3.8, 4) is 5.75 Å². The largest absolute Gasteiger partial charge is 0.451 e. The molecule has 0 radical (unpaired) electrons. The summed E-state index contributed by atoms with van der Waals surface area (Å²) in [5.74, 6) is -0.763. The first-order chi connectivity index (χ1) is 13.5. The maximum atomic E-state index is 12.1. The maximum absolute atomic E-state index is 12.1. The van der Waals surface area contributed by atoms with Gasteiger partial charge in [0.05, 0.1) is 0 Å². The first-order valence-corrected chi connectivity index (χ1v) is 9.92. The molecule has 0 fully saturated rings. The molecule has 1 amide bonds. The number of halogens is 2. The van der Waals surface area contributed by atoms with Crippen molar-refractivity contribution in [2.24, 2.45) is 0 Å². The van der Waals surface area contributed by atoms with E-state index in [1.54, 1.807) is 12.1 Å². The molecular weight excluding hydrogens is 388 g/mol. The van der Waals surface area contributed by atoms with E-state index in [4.69, 9.17) is 4.74 Å².